The summed E-state index contributed by atoms with van der Waals surface area (Å²) in [5.41, 5.74) is 3.03. The molecule has 2 aliphatic rings. The van der Waals surface area contributed by atoms with Gasteiger partial charge in [-0.2, -0.15) is 0 Å². The lowest BCUT2D eigenvalue weighted by molar-refractivity contribution is 0.0971. The van der Waals surface area contributed by atoms with Gasteiger partial charge in [-0.3, -0.25) is 4.79 Å². The summed E-state index contributed by atoms with van der Waals surface area (Å²) in [6.07, 6.45) is 3.43. The average Bonchev–Trinajstić information content (AvgIpc) is 3.22. The second kappa shape index (κ2) is 4.92. The third-order valence-electron chi connectivity index (χ3n) is 4.05. The fourth-order valence-corrected chi connectivity index (χ4v) is 2.73. The Morgan fingerprint density at radius 1 is 1.05 bits per heavy atom. The van der Waals surface area contributed by atoms with E-state index in [1.165, 1.54) is 5.56 Å². The minimum Gasteiger partial charge on any atom is -0.490 e. The molecule has 1 unspecified atom stereocenters. The van der Waals surface area contributed by atoms with E-state index in [-0.39, 0.29) is 11.8 Å². The van der Waals surface area contributed by atoms with E-state index in [4.69, 9.17) is 4.74 Å². The number of anilines is 1. The van der Waals surface area contributed by atoms with Gasteiger partial charge in [-0.15, -0.1) is 0 Å². The van der Waals surface area contributed by atoms with E-state index >= 15 is 0 Å². The number of ether oxygens (including phenoxy) is 1. The van der Waals surface area contributed by atoms with Gasteiger partial charge in [0.05, 0.1) is 12.1 Å². The van der Waals surface area contributed by atoms with Gasteiger partial charge in [0.15, 0.2) is 5.78 Å². The Balaban J connectivity index is 1.48. The van der Waals surface area contributed by atoms with Crippen molar-refractivity contribution >= 4 is 11.5 Å². The number of nitrogens with one attached hydrogen (secondary N) is 1. The topological polar surface area (TPSA) is 38.3 Å². The molecular formula is C18H17NO2. The fourth-order valence-electron chi connectivity index (χ4n) is 2.73. The normalized spacial score (nSPS) is 19.7. The Morgan fingerprint density at radius 3 is 2.52 bits per heavy atom. The summed E-state index contributed by atoms with van der Waals surface area (Å²) >= 11 is 0. The molecule has 106 valence electrons. The highest BCUT2D eigenvalue weighted by Crippen LogP contribution is 2.29. The molecule has 0 amide bonds. The van der Waals surface area contributed by atoms with Crippen molar-refractivity contribution < 1.29 is 9.53 Å². The number of hydrogen-bond donors (Lipinski definition) is 1. The number of rotatable bonds is 4. The number of hydrogen-bond acceptors (Lipinski definition) is 3. The minimum atomic E-state index is -0.155. The van der Waals surface area contributed by atoms with Crippen LogP contribution in [-0.4, -0.2) is 17.9 Å². The average molecular weight is 279 g/mol. The number of Topliss-reactive ketones (excluding diaryl/α,β-unsaturated/α-hetero) is 1. The molecule has 1 aliphatic carbocycles. The van der Waals surface area contributed by atoms with E-state index in [0.29, 0.717) is 6.10 Å². The highest BCUT2D eigenvalue weighted by atomic mass is 16.5. The monoisotopic (exact) mass is 279 g/mol. The van der Waals surface area contributed by atoms with Crippen LogP contribution in [0, 0.1) is 0 Å². The number of fused-ring (bicyclic) bond motifs is 1. The van der Waals surface area contributed by atoms with Crippen LogP contribution in [-0.2, 0) is 6.42 Å². The molecule has 2 aromatic carbocycles. The van der Waals surface area contributed by atoms with Gasteiger partial charge in [0.2, 0.25) is 0 Å². The SMILES string of the molecule is O=C(c1ccc(OC2CC2)cc1)C1Cc2ccccc2N1. The molecule has 1 atom stereocenters. The van der Waals surface area contributed by atoms with E-state index < -0.39 is 0 Å². The molecule has 1 N–H and O–H groups in total. The predicted molar refractivity (Wildman–Crippen MR) is 82.0 cm³/mol. The molecule has 3 nitrogen and oxygen atoms in total. The Labute approximate surface area is 123 Å². The summed E-state index contributed by atoms with van der Waals surface area (Å²) in [5, 5.41) is 3.31. The first-order chi connectivity index (χ1) is 10.3. The highest BCUT2D eigenvalue weighted by molar-refractivity contribution is 6.02. The smallest absolute Gasteiger partial charge is 0.185 e. The first-order valence-electron chi connectivity index (χ1n) is 7.45. The van der Waals surface area contributed by atoms with Crippen molar-refractivity contribution in [1.29, 1.82) is 0 Å². The van der Waals surface area contributed by atoms with Crippen LogP contribution in [0.3, 0.4) is 0 Å². The number of para-hydroxylation sites is 1. The summed E-state index contributed by atoms with van der Waals surface area (Å²) in [4.78, 5) is 12.6. The maximum Gasteiger partial charge on any atom is 0.185 e. The minimum absolute atomic E-state index is 0.143. The fraction of sp³-hybridized carbons (Fsp3) is 0.278. The van der Waals surface area contributed by atoms with Gasteiger partial charge in [-0.1, -0.05) is 18.2 Å². The Morgan fingerprint density at radius 2 is 1.81 bits per heavy atom. The first-order valence-corrected chi connectivity index (χ1v) is 7.45. The summed E-state index contributed by atoms with van der Waals surface area (Å²) in [6.45, 7) is 0. The maximum atomic E-state index is 12.6. The van der Waals surface area contributed by atoms with Crippen LogP contribution < -0.4 is 10.1 Å². The Kier molecular flexibility index (Phi) is 2.92. The lowest BCUT2D eigenvalue weighted by Gasteiger charge is -2.11. The van der Waals surface area contributed by atoms with Gasteiger partial charge in [0, 0.05) is 17.7 Å². The quantitative estimate of drug-likeness (QED) is 0.871. The molecular weight excluding hydrogens is 262 g/mol. The van der Waals surface area contributed by atoms with Gasteiger partial charge in [-0.25, -0.2) is 0 Å². The molecule has 0 radical (unpaired) electrons. The predicted octanol–water partition coefficient (Wildman–Crippen LogP) is 3.45. The zero-order chi connectivity index (χ0) is 14.2. The third-order valence-corrected chi connectivity index (χ3v) is 4.05. The number of ketones is 1. The van der Waals surface area contributed by atoms with E-state index in [1.807, 2.05) is 42.5 Å². The van der Waals surface area contributed by atoms with Crippen molar-refractivity contribution in [1.82, 2.24) is 0 Å². The molecule has 4 rings (SSSR count). The zero-order valence-electron chi connectivity index (χ0n) is 11.7. The van der Waals surface area contributed by atoms with Crippen LogP contribution in [0.5, 0.6) is 5.75 Å². The summed E-state index contributed by atoms with van der Waals surface area (Å²) in [5.74, 6) is 1.00. The van der Waals surface area contributed by atoms with Gasteiger partial charge in [0.25, 0.3) is 0 Å². The van der Waals surface area contributed by atoms with Gasteiger partial charge >= 0.3 is 0 Å². The highest BCUT2D eigenvalue weighted by Gasteiger charge is 2.27. The van der Waals surface area contributed by atoms with Crippen molar-refractivity contribution in [3.63, 3.8) is 0 Å². The van der Waals surface area contributed by atoms with Crippen LogP contribution in [0.15, 0.2) is 48.5 Å². The lowest BCUT2D eigenvalue weighted by atomic mass is 10.0. The van der Waals surface area contributed by atoms with Crippen LogP contribution in [0.2, 0.25) is 0 Å². The first kappa shape index (κ1) is 12.5. The summed E-state index contributed by atoms with van der Waals surface area (Å²) in [7, 11) is 0. The van der Waals surface area contributed by atoms with Crippen molar-refractivity contribution in [3.8, 4) is 5.75 Å². The van der Waals surface area contributed by atoms with Crippen molar-refractivity contribution in [2.75, 3.05) is 5.32 Å². The van der Waals surface area contributed by atoms with E-state index in [9.17, 15) is 4.79 Å². The van der Waals surface area contributed by atoms with E-state index in [2.05, 4.69) is 11.4 Å². The third kappa shape index (κ3) is 2.51. The molecule has 1 heterocycles. The van der Waals surface area contributed by atoms with Gasteiger partial charge in [0.1, 0.15) is 5.75 Å². The molecule has 1 aliphatic heterocycles. The second-order valence-corrected chi connectivity index (χ2v) is 5.76. The molecule has 3 heteroatoms. The Bertz CT molecular complexity index is 649. The number of carbonyl (C=O) groups excluding carboxylic acids is 1. The summed E-state index contributed by atoms with van der Waals surface area (Å²) in [6, 6.07) is 15.5. The van der Waals surface area contributed by atoms with Crippen molar-refractivity contribution in [2.45, 2.75) is 31.4 Å². The molecule has 0 aromatic heterocycles. The van der Waals surface area contributed by atoms with E-state index in [1.54, 1.807) is 0 Å². The van der Waals surface area contributed by atoms with Crippen molar-refractivity contribution in [3.05, 3.63) is 59.7 Å². The molecule has 0 spiro atoms. The molecule has 1 saturated carbocycles. The second-order valence-electron chi connectivity index (χ2n) is 5.76. The van der Waals surface area contributed by atoms with Crippen LogP contribution >= 0.6 is 0 Å². The lowest BCUT2D eigenvalue weighted by Crippen LogP contribution is -2.26. The van der Waals surface area contributed by atoms with Crippen LogP contribution in [0.4, 0.5) is 5.69 Å². The number of benzene rings is 2. The standard InChI is InChI=1S/C18H17NO2/c20-18(17-11-13-3-1-2-4-16(13)19-17)12-5-7-14(8-6-12)21-15-9-10-15/h1-8,15,17,19H,9-11H2. The largest absolute Gasteiger partial charge is 0.490 e. The van der Waals surface area contributed by atoms with Crippen LogP contribution in [0.25, 0.3) is 0 Å². The number of carbonyl (C=O) groups is 1. The molecule has 21 heavy (non-hydrogen) atoms. The molecule has 0 saturated heterocycles. The van der Waals surface area contributed by atoms with Gasteiger partial charge < -0.3 is 10.1 Å². The zero-order valence-corrected chi connectivity index (χ0v) is 11.7. The van der Waals surface area contributed by atoms with Gasteiger partial charge in [-0.05, 0) is 48.7 Å². The molecule has 2 aromatic rings. The molecule has 0 bridgehead atoms. The maximum absolute atomic E-state index is 12.6. The summed E-state index contributed by atoms with van der Waals surface area (Å²) < 4.78 is 5.71. The van der Waals surface area contributed by atoms with Crippen molar-refractivity contribution in [2.24, 2.45) is 0 Å². The molecule has 1 fully saturated rings. The van der Waals surface area contributed by atoms with Crippen LogP contribution in [0.1, 0.15) is 28.8 Å². The Hall–Kier alpha value is -2.29. The van der Waals surface area contributed by atoms with E-state index in [0.717, 1.165) is 36.3 Å².